The van der Waals surface area contributed by atoms with Crippen LogP contribution < -0.4 is 5.73 Å². The van der Waals surface area contributed by atoms with Crippen LogP contribution in [0, 0.1) is 0 Å². The SMILES string of the molecule is CCC1(N)CN(S(=O)(=O)N(C)C(C)C)C1. The minimum absolute atomic E-state index is 0.0237. The third-order valence-electron chi connectivity index (χ3n) is 3.10. The summed E-state index contributed by atoms with van der Waals surface area (Å²) in [6.07, 6.45) is 0.810. The van der Waals surface area contributed by atoms with Gasteiger partial charge in [-0.05, 0) is 20.3 Å². The van der Waals surface area contributed by atoms with Gasteiger partial charge < -0.3 is 5.73 Å². The molecule has 2 N–H and O–H groups in total. The topological polar surface area (TPSA) is 66.6 Å². The maximum Gasteiger partial charge on any atom is 0.282 e. The molecule has 0 saturated carbocycles. The number of hydrogen-bond acceptors (Lipinski definition) is 3. The highest BCUT2D eigenvalue weighted by Gasteiger charge is 2.45. The van der Waals surface area contributed by atoms with Crippen molar-refractivity contribution in [3.05, 3.63) is 0 Å². The van der Waals surface area contributed by atoms with Crippen LogP contribution in [0.25, 0.3) is 0 Å². The van der Waals surface area contributed by atoms with Gasteiger partial charge in [-0.2, -0.15) is 17.0 Å². The molecule has 1 rings (SSSR count). The van der Waals surface area contributed by atoms with E-state index in [0.717, 1.165) is 6.42 Å². The first kappa shape index (κ1) is 12.9. The summed E-state index contributed by atoms with van der Waals surface area (Å²) in [5.74, 6) is 0. The van der Waals surface area contributed by atoms with Crippen LogP contribution >= 0.6 is 0 Å². The van der Waals surface area contributed by atoms with E-state index in [9.17, 15) is 8.42 Å². The first-order valence-electron chi connectivity index (χ1n) is 5.25. The van der Waals surface area contributed by atoms with Crippen LogP contribution in [0.2, 0.25) is 0 Å². The molecule has 1 aliphatic heterocycles. The molecular formula is C9H21N3O2S. The summed E-state index contributed by atoms with van der Waals surface area (Å²) in [5, 5.41) is 0. The van der Waals surface area contributed by atoms with Gasteiger partial charge >= 0.3 is 0 Å². The van der Waals surface area contributed by atoms with Crippen molar-refractivity contribution in [2.75, 3.05) is 20.1 Å². The van der Waals surface area contributed by atoms with E-state index in [0.29, 0.717) is 13.1 Å². The second kappa shape index (κ2) is 4.01. The Kier molecular flexibility index (Phi) is 3.45. The number of rotatable bonds is 4. The van der Waals surface area contributed by atoms with Crippen molar-refractivity contribution in [1.82, 2.24) is 8.61 Å². The van der Waals surface area contributed by atoms with Gasteiger partial charge in [0.15, 0.2) is 0 Å². The van der Waals surface area contributed by atoms with Crippen molar-refractivity contribution in [2.45, 2.75) is 38.8 Å². The second-order valence-corrected chi connectivity index (χ2v) is 6.59. The Morgan fingerprint density at radius 1 is 1.47 bits per heavy atom. The smallest absolute Gasteiger partial charge is 0.282 e. The number of hydrogen-bond donors (Lipinski definition) is 1. The summed E-state index contributed by atoms with van der Waals surface area (Å²) in [6, 6.07) is -0.0237. The standard InChI is InChI=1S/C9H21N3O2S/c1-5-9(10)6-12(7-9)15(13,14)11(4)8(2)3/h8H,5-7,10H2,1-4H3. The van der Waals surface area contributed by atoms with E-state index in [2.05, 4.69) is 0 Å². The molecule has 5 nitrogen and oxygen atoms in total. The summed E-state index contributed by atoms with van der Waals surface area (Å²) in [7, 11) is -1.70. The predicted molar refractivity (Wildman–Crippen MR) is 60.6 cm³/mol. The van der Waals surface area contributed by atoms with Gasteiger partial charge in [0.1, 0.15) is 0 Å². The minimum atomic E-state index is -3.30. The fourth-order valence-corrected chi connectivity index (χ4v) is 3.23. The maximum absolute atomic E-state index is 12.0. The fraction of sp³-hybridized carbons (Fsp3) is 1.00. The molecule has 1 fully saturated rings. The zero-order chi connectivity index (χ0) is 11.9. The van der Waals surface area contributed by atoms with Crippen LogP contribution in [0.15, 0.2) is 0 Å². The molecule has 0 aromatic heterocycles. The highest BCUT2D eigenvalue weighted by atomic mass is 32.2. The van der Waals surface area contributed by atoms with Gasteiger partial charge in [0.05, 0.1) is 0 Å². The molecule has 0 aliphatic carbocycles. The van der Waals surface area contributed by atoms with Crippen molar-refractivity contribution in [3.63, 3.8) is 0 Å². The molecule has 0 bridgehead atoms. The summed E-state index contributed by atoms with van der Waals surface area (Å²) in [5.41, 5.74) is 5.63. The van der Waals surface area contributed by atoms with Crippen LogP contribution in [0.5, 0.6) is 0 Å². The van der Waals surface area contributed by atoms with Gasteiger partial charge in [0.2, 0.25) is 0 Å². The molecule has 0 unspecified atom stereocenters. The molecule has 0 aromatic rings. The normalized spacial score (nSPS) is 22.1. The van der Waals surface area contributed by atoms with Crippen LogP contribution in [-0.4, -0.2) is 48.7 Å². The highest BCUT2D eigenvalue weighted by Crippen LogP contribution is 2.26. The molecule has 15 heavy (non-hydrogen) atoms. The molecule has 1 heterocycles. The van der Waals surface area contributed by atoms with Gasteiger partial charge in [-0.3, -0.25) is 0 Å². The number of nitrogens with two attached hydrogens (primary N) is 1. The summed E-state index contributed by atoms with van der Waals surface area (Å²) < 4.78 is 26.7. The molecule has 0 spiro atoms. The zero-order valence-electron chi connectivity index (χ0n) is 9.90. The lowest BCUT2D eigenvalue weighted by Crippen LogP contribution is -2.69. The maximum atomic E-state index is 12.0. The first-order chi connectivity index (χ1) is 6.73. The van der Waals surface area contributed by atoms with Gasteiger partial charge in [0, 0.05) is 31.7 Å². The fourth-order valence-electron chi connectivity index (χ4n) is 1.49. The third kappa shape index (κ3) is 2.33. The summed E-state index contributed by atoms with van der Waals surface area (Å²) >= 11 is 0. The Morgan fingerprint density at radius 2 is 1.93 bits per heavy atom. The molecular weight excluding hydrogens is 214 g/mol. The molecule has 0 radical (unpaired) electrons. The molecule has 90 valence electrons. The zero-order valence-corrected chi connectivity index (χ0v) is 10.7. The number of nitrogens with zero attached hydrogens (tertiary/aromatic N) is 2. The predicted octanol–water partition coefficient (Wildman–Crippen LogP) is -0.00550. The molecule has 1 saturated heterocycles. The monoisotopic (exact) mass is 235 g/mol. The van der Waals surface area contributed by atoms with E-state index in [1.54, 1.807) is 7.05 Å². The third-order valence-corrected chi connectivity index (χ3v) is 5.16. The van der Waals surface area contributed by atoms with E-state index >= 15 is 0 Å². The molecule has 0 atom stereocenters. The Hall–Kier alpha value is -0.170. The van der Waals surface area contributed by atoms with Gasteiger partial charge in [-0.1, -0.05) is 6.92 Å². The minimum Gasteiger partial charge on any atom is -0.323 e. The highest BCUT2D eigenvalue weighted by molar-refractivity contribution is 7.86. The van der Waals surface area contributed by atoms with E-state index in [1.807, 2.05) is 20.8 Å². The lowest BCUT2D eigenvalue weighted by molar-refractivity contribution is 0.142. The van der Waals surface area contributed by atoms with Crippen LogP contribution in [-0.2, 0) is 10.2 Å². The van der Waals surface area contributed by atoms with Crippen molar-refractivity contribution >= 4 is 10.2 Å². The van der Waals surface area contributed by atoms with Gasteiger partial charge in [-0.15, -0.1) is 0 Å². The molecule has 1 aliphatic rings. The first-order valence-corrected chi connectivity index (χ1v) is 6.64. The van der Waals surface area contributed by atoms with E-state index < -0.39 is 10.2 Å². The molecule has 0 amide bonds. The molecule has 0 aromatic carbocycles. The van der Waals surface area contributed by atoms with Crippen LogP contribution in [0.3, 0.4) is 0 Å². The average molecular weight is 235 g/mol. The quantitative estimate of drug-likeness (QED) is 0.745. The van der Waals surface area contributed by atoms with Crippen LogP contribution in [0.4, 0.5) is 0 Å². The largest absolute Gasteiger partial charge is 0.323 e. The van der Waals surface area contributed by atoms with Crippen molar-refractivity contribution < 1.29 is 8.42 Å². The average Bonchev–Trinajstić information content (AvgIpc) is 2.11. The Bertz CT molecular complexity index is 320. The Morgan fingerprint density at radius 3 is 2.27 bits per heavy atom. The van der Waals surface area contributed by atoms with Crippen molar-refractivity contribution in [3.8, 4) is 0 Å². The summed E-state index contributed by atoms with van der Waals surface area (Å²) in [6.45, 7) is 6.56. The lowest BCUT2D eigenvalue weighted by atomic mass is 9.91. The Labute approximate surface area is 92.4 Å². The Balaban J connectivity index is 2.68. The second-order valence-electron chi connectivity index (χ2n) is 4.60. The van der Waals surface area contributed by atoms with E-state index in [-0.39, 0.29) is 11.6 Å². The van der Waals surface area contributed by atoms with E-state index in [4.69, 9.17) is 5.73 Å². The van der Waals surface area contributed by atoms with Gasteiger partial charge in [0.25, 0.3) is 10.2 Å². The van der Waals surface area contributed by atoms with Crippen LogP contribution in [0.1, 0.15) is 27.2 Å². The van der Waals surface area contributed by atoms with Crippen molar-refractivity contribution in [2.24, 2.45) is 5.73 Å². The lowest BCUT2D eigenvalue weighted by Gasteiger charge is -2.47. The van der Waals surface area contributed by atoms with Crippen molar-refractivity contribution in [1.29, 1.82) is 0 Å². The summed E-state index contributed by atoms with van der Waals surface area (Å²) in [4.78, 5) is 0. The molecule has 6 heteroatoms. The van der Waals surface area contributed by atoms with Gasteiger partial charge in [-0.25, -0.2) is 0 Å². The van der Waals surface area contributed by atoms with E-state index in [1.165, 1.54) is 8.61 Å².